The molecule has 179 valence electrons. The van der Waals surface area contributed by atoms with Crippen LogP contribution in [0.1, 0.15) is 11.1 Å². The summed E-state index contributed by atoms with van der Waals surface area (Å²) in [6, 6.07) is 31.9. The van der Waals surface area contributed by atoms with Gasteiger partial charge in [-0.2, -0.15) is 0 Å². The zero-order chi connectivity index (χ0) is 24.2. The van der Waals surface area contributed by atoms with Crippen LogP contribution in [-0.4, -0.2) is 18.0 Å². The van der Waals surface area contributed by atoms with Gasteiger partial charge in [-0.15, -0.1) is 64.7 Å². The fraction of sp³-hybridized carbons (Fsp3) is 0.125. The monoisotopic (exact) mass is 659 g/mol. The number of hydrogen-bond donors (Lipinski definition) is 0. The van der Waals surface area contributed by atoms with Crippen molar-refractivity contribution in [2.75, 3.05) is 0 Å². The fourth-order valence-electron chi connectivity index (χ4n) is 5.43. The summed E-state index contributed by atoms with van der Waals surface area (Å²) in [4.78, 5) is 8.96. The van der Waals surface area contributed by atoms with Gasteiger partial charge in [-0.05, 0) is 48.0 Å². The normalized spacial score (nSPS) is 13.0. The van der Waals surface area contributed by atoms with Gasteiger partial charge >= 0.3 is 0 Å². The standard InChI is InChI=1S/C20H16NSi.C12H10N.Ir/c1-12-10-15-13-7-5-9-21-20(13)14-6-4-8-16-18(14)19(15)17(11-12)22(16,2)3;1-10-7-8-13-12(9-10)11-5-3-2-4-6-11;/h4-5,7-11H,1-3H3;2-5,7-9H,1H3;/q2*-1;. The Morgan fingerprint density at radius 2 is 1.56 bits per heavy atom. The van der Waals surface area contributed by atoms with Crippen LogP contribution >= 0.6 is 0 Å². The number of fused-ring (bicyclic) bond motifs is 3. The molecule has 3 heterocycles. The summed E-state index contributed by atoms with van der Waals surface area (Å²) in [6.45, 7) is 9.21. The summed E-state index contributed by atoms with van der Waals surface area (Å²) in [5.74, 6) is 0. The topological polar surface area (TPSA) is 25.8 Å². The Hall–Kier alpha value is -3.17. The maximum atomic E-state index is 4.69. The van der Waals surface area contributed by atoms with Crippen LogP contribution < -0.4 is 10.4 Å². The van der Waals surface area contributed by atoms with E-state index in [0.29, 0.717) is 0 Å². The van der Waals surface area contributed by atoms with Crippen molar-refractivity contribution in [3.8, 4) is 11.3 Å². The van der Waals surface area contributed by atoms with E-state index < -0.39 is 8.07 Å². The summed E-state index contributed by atoms with van der Waals surface area (Å²) >= 11 is 0. The van der Waals surface area contributed by atoms with Crippen molar-refractivity contribution in [1.29, 1.82) is 0 Å². The minimum Gasteiger partial charge on any atom is -0.305 e. The Morgan fingerprint density at radius 1 is 0.694 bits per heavy atom. The molecule has 1 aliphatic rings. The molecule has 0 bridgehead atoms. The van der Waals surface area contributed by atoms with Gasteiger partial charge in [0.25, 0.3) is 0 Å². The number of benzene rings is 4. The van der Waals surface area contributed by atoms with Crippen LogP contribution in [0, 0.1) is 26.0 Å². The Morgan fingerprint density at radius 3 is 2.33 bits per heavy atom. The van der Waals surface area contributed by atoms with Crippen LogP contribution in [0.5, 0.6) is 0 Å². The third-order valence-corrected chi connectivity index (χ3v) is 10.6. The summed E-state index contributed by atoms with van der Waals surface area (Å²) in [6.07, 6.45) is 3.72. The first-order valence-corrected chi connectivity index (χ1v) is 15.0. The number of rotatable bonds is 1. The van der Waals surface area contributed by atoms with Crippen molar-refractivity contribution >= 4 is 50.9 Å². The van der Waals surface area contributed by atoms with Crippen LogP contribution in [0.15, 0.2) is 85.2 Å². The molecule has 0 atom stereocenters. The molecule has 1 radical (unpaired) electrons. The molecule has 0 unspecified atom stereocenters. The zero-order valence-corrected chi connectivity index (χ0v) is 24.2. The van der Waals surface area contributed by atoms with E-state index in [9.17, 15) is 0 Å². The summed E-state index contributed by atoms with van der Waals surface area (Å²) in [5.41, 5.74) is 5.70. The van der Waals surface area contributed by atoms with Crippen molar-refractivity contribution in [1.82, 2.24) is 9.97 Å². The summed E-state index contributed by atoms with van der Waals surface area (Å²) < 4.78 is 0. The van der Waals surface area contributed by atoms with Crippen LogP contribution in [0.2, 0.25) is 13.1 Å². The Balaban J connectivity index is 0.000000164. The number of aryl methyl sites for hydroxylation is 2. The predicted molar refractivity (Wildman–Crippen MR) is 150 cm³/mol. The third-order valence-electron chi connectivity index (χ3n) is 7.11. The van der Waals surface area contributed by atoms with E-state index in [-0.39, 0.29) is 20.1 Å². The maximum Gasteiger partial charge on any atom is 0.0932 e. The van der Waals surface area contributed by atoms with Gasteiger partial charge in [0, 0.05) is 32.5 Å². The average Bonchev–Trinajstić information content (AvgIpc) is 3.11. The molecular weight excluding hydrogens is 633 g/mol. The average molecular weight is 659 g/mol. The second kappa shape index (κ2) is 9.37. The molecule has 0 spiro atoms. The maximum absolute atomic E-state index is 4.69. The second-order valence-electron chi connectivity index (χ2n) is 9.90. The quantitative estimate of drug-likeness (QED) is 0.113. The van der Waals surface area contributed by atoms with Gasteiger partial charge < -0.3 is 9.97 Å². The zero-order valence-electron chi connectivity index (χ0n) is 20.8. The van der Waals surface area contributed by atoms with Crippen LogP contribution in [0.25, 0.3) is 43.7 Å². The smallest absolute Gasteiger partial charge is 0.0932 e. The minimum atomic E-state index is -1.62. The van der Waals surface area contributed by atoms with Crippen molar-refractivity contribution in [2.45, 2.75) is 26.9 Å². The molecular formula is C32H26IrN2Si-2. The largest absolute Gasteiger partial charge is 0.305 e. The number of aromatic nitrogens is 2. The van der Waals surface area contributed by atoms with Crippen LogP contribution in [-0.2, 0) is 20.1 Å². The number of nitrogens with zero attached hydrogens (tertiary/aromatic N) is 2. The minimum absolute atomic E-state index is 0. The van der Waals surface area contributed by atoms with E-state index >= 15 is 0 Å². The van der Waals surface area contributed by atoms with E-state index in [1.165, 1.54) is 38.1 Å². The van der Waals surface area contributed by atoms with Crippen molar-refractivity contribution < 1.29 is 20.1 Å². The molecule has 0 saturated carbocycles. The molecule has 6 aromatic rings. The second-order valence-corrected chi connectivity index (χ2v) is 14.2. The van der Waals surface area contributed by atoms with E-state index in [2.05, 4.69) is 85.4 Å². The van der Waals surface area contributed by atoms with Gasteiger partial charge in [0.15, 0.2) is 0 Å². The molecule has 2 nitrogen and oxygen atoms in total. The van der Waals surface area contributed by atoms with Gasteiger partial charge in [0.1, 0.15) is 0 Å². The van der Waals surface area contributed by atoms with E-state index in [4.69, 9.17) is 0 Å². The first kappa shape index (κ1) is 24.5. The molecule has 0 fully saturated rings. The van der Waals surface area contributed by atoms with Gasteiger partial charge in [-0.3, -0.25) is 0 Å². The van der Waals surface area contributed by atoms with Gasteiger partial charge in [0.05, 0.1) is 8.07 Å². The summed E-state index contributed by atoms with van der Waals surface area (Å²) in [7, 11) is -1.62. The third kappa shape index (κ3) is 3.90. The molecule has 0 amide bonds. The van der Waals surface area contributed by atoms with Crippen molar-refractivity contribution in [2.24, 2.45) is 0 Å². The Kier molecular flexibility index (Phi) is 6.38. The van der Waals surface area contributed by atoms with Gasteiger partial charge in [-0.1, -0.05) is 64.4 Å². The molecule has 7 rings (SSSR count). The number of hydrogen-bond acceptors (Lipinski definition) is 2. The first-order valence-electron chi connectivity index (χ1n) is 12.0. The SMILES string of the molecule is Cc1cc2c3c(c1)c1cccnc1c1[c-]ccc(c13)[Si]2(C)C.Cc1ccnc(-c2[c-]cccc2)c1.[Ir]. The molecule has 0 saturated heterocycles. The van der Waals surface area contributed by atoms with Crippen LogP contribution in [0.3, 0.4) is 0 Å². The molecule has 4 heteroatoms. The Bertz CT molecular complexity index is 1740. The Labute approximate surface area is 226 Å². The van der Waals surface area contributed by atoms with Crippen molar-refractivity contribution in [3.05, 3.63) is 108 Å². The van der Waals surface area contributed by atoms with Gasteiger partial charge in [-0.25, -0.2) is 0 Å². The molecule has 0 N–H and O–H groups in total. The fourth-order valence-corrected chi connectivity index (χ4v) is 8.57. The first-order chi connectivity index (χ1) is 16.9. The van der Waals surface area contributed by atoms with E-state index in [0.717, 1.165) is 16.8 Å². The number of pyridine rings is 2. The van der Waals surface area contributed by atoms with E-state index in [1.54, 1.807) is 10.4 Å². The molecule has 4 aromatic carbocycles. The van der Waals surface area contributed by atoms with Gasteiger partial charge in [0.2, 0.25) is 0 Å². The molecule has 1 aliphatic heterocycles. The van der Waals surface area contributed by atoms with Crippen LogP contribution in [0.4, 0.5) is 0 Å². The molecule has 36 heavy (non-hydrogen) atoms. The predicted octanol–water partition coefficient (Wildman–Crippen LogP) is 6.64. The molecule has 2 aromatic heterocycles. The van der Waals surface area contributed by atoms with Crippen molar-refractivity contribution in [3.63, 3.8) is 0 Å². The summed E-state index contributed by atoms with van der Waals surface area (Å²) in [5, 5.41) is 9.82. The molecule has 0 aliphatic carbocycles. The van der Waals surface area contributed by atoms with E-state index in [1.807, 2.05) is 48.8 Å².